The van der Waals surface area contributed by atoms with E-state index in [-0.39, 0.29) is 0 Å². The number of carbonyl (C=O) groups excluding carboxylic acids is 1. The van der Waals surface area contributed by atoms with Crippen molar-refractivity contribution in [2.75, 3.05) is 19.0 Å². The number of aromatic nitrogens is 1. The fourth-order valence-corrected chi connectivity index (χ4v) is 4.64. The smallest absolute Gasteiger partial charge is 0.381 e. The summed E-state index contributed by atoms with van der Waals surface area (Å²) in [4.78, 5) is 17.1. The molecule has 1 fully saturated rings. The van der Waals surface area contributed by atoms with Crippen LogP contribution in [0.3, 0.4) is 0 Å². The average Bonchev–Trinajstić information content (AvgIpc) is 2.70. The number of Topliss-reactive ketones (excluding diaryl/α,β-unsaturated/α-hetero) is 1. The van der Waals surface area contributed by atoms with Crippen LogP contribution in [0.5, 0.6) is 0 Å². The highest BCUT2D eigenvalue weighted by Crippen LogP contribution is 2.34. The molecule has 0 spiro atoms. The van der Waals surface area contributed by atoms with Gasteiger partial charge in [0.1, 0.15) is 5.78 Å². The summed E-state index contributed by atoms with van der Waals surface area (Å²) in [6.45, 7) is 1.55. The molecule has 2 aromatic rings. The lowest BCUT2D eigenvalue weighted by molar-refractivity contribution is -0.137. The van der Waals surface area contributed by atoms with Gasteiger partial charge in [0.25, 0.3) is 0 Å². The highest BCUT2D eigenvalue weighted by molar-refractivity contribution is 7.99. The largest absolute Gasteiger partial charge is 0.416 e. The Labute approximate surface area is 173 Å². The number of thioether (sulfide) groups is 1. The van der Waals surface area contributed by atoms with E-state index in [2.05, 4.69) is 4.98 Å². The number of unbranched alkanes of at least 4 members (excludes halogenated alkanes) is 2. The van der Waals surface area contributed by atoms with Gasteiger partial charge >= 0.3 is 6.18 Å². The van der Waals surface area contributed by atoms with Crippen LogP contribution in [0.4, 0.5) is 13.2 Å². The highest BCUT2D eigenvalue weighted by Gasteiger charge is 2.30. The Bertz CT molecular complexity index is 819. The number of alkyl halides is 3. The van der Waals surface area contributed by atoms with Crippen LogP contribution in [0, 0.1) is 5.92 Å². The molecule has 0 N–H and O–H groups in total. The van der Waals surface area contributed by atoms with Crippen LogP contribution in [0.25, 0.3) is 10.9 Å². The second-order valence-electron chi connectivity index (χ2n) is 7.50. The molecule has 0 amide bonds. The number of pyridine rings is 1. The topological polar surface area (TPSA) is 39.2 Å². The maximum absolute atomic E-state index is 12.9. The SMILES string of the molecule is O=C(CCCCCSc1ccnc2cc(C(F)(F)F)ccc12)CC1CCOCC1. The molecular formula is C22H26F3NO2S. The quantitative estimate of drug-likeness (QED) is 0.349. The molecule has 1 aliphatic heterocycles. The third-order valence-corrected chi connectivity index (χ3v) is 6.40. The van der Waals surface area contributed by atoms with Gasteiger partial charge in [-0.3, -0.25) is 9.78 Å². The average molecular weight is 426 g/mol. The number of fused-ring (bicyclic) bond motifs is 1. The molecule has 0 bridgehead atoms. The van der Waals surface area contributed by atoms with E-state index < -0.39 is 11.7 Å². The summed E-state index contributed by atoms with van der Waals surface area (Å²) in [7, 11) is 0. The third kappa shape index (κ3) is 6.71. The van der Waals surface area contributed by atoms with Crippen LogP contribution in [-0.4, -0.2) is 29.7 Å². The van der Waals surface area contributed by atoms with Crippen LogP contribution < -0.4 is 0 Å². The van der Waals surface area contributed by atoms with Crippen molar-refractivity contribution in [3.8, 4) is 0 Å². The Morgan fingerprint density at radius 1 is 1.14 bits per heavy atom. The molecule has 0 unspecified atom stereocenters. The number of hydrogen-bond acceptors (Lipinski definition) is 4. The Morgan fingerprint density at radius 2 is 1.93 bits per heavy atom. The fourth-order valence-electron chi connectivity index (χ4n) is 3.58. The van der Waals surface area contributed by atoms with Gasteiger partial charge in [0.15, 0.2) is 0 Å². The number of carbonyl (C=O) groups is 1. The molecule has 0 radical (unpaired) electrons. The maximum atomic E-state index is 12.9. The minimum absolute atomic E-state index is 0.352. The first-order chi connectivity index (χ1) is 13.9. The second-order valence-corrected chi connectivity index (χ2v) is 8.63. The van der Waals surface area contributed by atoms with Gasteiger partial charge in [0, 0.05) is 42.5 Å². The Balaban J connectivity index is 1.40. The number of rotatable bonds is 9. The van der Waals surface area contributed by atoms with Crippen molar-refractivity contribution in [2.24, 2.45) is 5.92 Å². The van der Waals surface area contributed by atoms with Crippen molar-refractivity contribution in [3.63, 3.8) is 0 Å². The standard InChI is InChI=1S/C22H26F3NO2S/c23-22(24,25)17-5-6-19-20(15-17)26-10-7-21(19)29-13-3-1-2-4-18(27)14-16-8-11-28-12-9-16/h5-7,10,15-16H,1-4,8-9,11-14H2. The van der Waals surface area contributed by atoms with Crippen molar-refractivity contribution in [3.05, 3.63) is 36.0 Å². The van der Waals surface area contributed by atoms with E-state index in [0.717, 1.165) is 73.5 Å². The number of halogens is 3. The molecule has 1 aromatic heterocycles. The molecule has 1 saturated heterocycles. The Kier molecular flexibility index (Phi) is 7.95. The predicted molar refractivity (Wildman–Crippen MR) is 109 cm³/mol. The predicted octanol–water partition coefficient (Wildman–Crippen LogP) is 6.29. The molecule has 0 saturated carbocycles. The molecule has 158 valence electrons. The monoisotopic (exact) mass is 425 g/mol. The molecule has 1 aromatic carbocycles. The number of ketones is 1. The molecule has 7 heteroatoms. The van der Waals surface area contributed by atoms with Crippen LogP contribution in [-0.2, 0) is 15.7 Å². The molecule has 0 atom stereocenters. The van der Waals surface area contributed by atoms with E-state index in [4.69, 9.17) is 4.74 Å². The molecule has 2 heterocycles. The number of benzene rings is 1. The summed E-state index contributed by atoms with van der Waals surface area (Å²) in [5, 5.41) is 0.747. The van der Waals surface area contributed by atoms with Gasteiger partial charge in [-0.15, -0.1) is 11.8 Å². The van der Waals surface area contributed by atoms with Crippen LogP contribution >= 0.6 is 11.8 Å². The summed E-state index contributed by atoms with van der Waals surface area (Å²) in [6.07, 6.45) is 3.35. The molecular weight excluding hydrogens is 399 g/mol. The van der Waals surface area contributed by atoms with Gasteiger partial charge < -0.3 is 4.74 Å². The number of ether oxygens (including phenoxy) is 1. The fraction of sp³-hybridized carbons (Fsp3) is 0.545. The zero-order chi connectivity index (χ0) is 20.7. The van der Waals surface area contributed by atoms with Crippen molar-refractivity contribution in [2.45, 2.75) is 56.0 Å². The summed E-state index contributed by atoms with van der Waals surface area (Å²) in [6, 6.07) is 5.56. The highest BCUT2D eigenvalue weighted by atomic mass is 32.2. The zero-order valence-electron chi connectivity index (χ0n) is 16.3. The summed E-state index contributed by atoms with van der Waals surface area (Å²) >= 11 is 1.63. The molecule has 3 rings (SSSR count). The minimum atomic E-state index is -4.36. The second kappa shape index (κ2) is 10.4. The van der Waals surface area contributed by atoms with Gasteiger partial charge in [-0.1, -0.05) is 12.5 Å². The normalized spacial score (nSPS) is 15.7. The van der Waals surface area contributed by atoms with Gasteiger partial charge in [0.2, 0.25) is 0 Å². The molecule has 1 aliphatic rings. The minimum Gasteiger partial charge on any atom is -0.381 e. The first kappa shape index (κ1) is 22.1. The number of nitrogens with zero attached hydrogens (tertiary/aromatic N) is 1. The zero-order valence-corrected chi connectivity index (χ0v) is 17.2. The third-order valence-electron chi connectivity index (χ3n) is 5.24. The van der Waals surface area contributed by atoms with Crippen LogP contribution in [0.1, 0.15) is 50.5 Å². The van der Waals surface area contributed by atoms with E-state index in [1.807, 2.05) is 6.07 Å². The van der Waals surface area contributed by atoms with E-state index in [1.54, 1.807) is 18.0 Å². The van der Waals surface area contributed by atoms with E-state index in [1.165, 1.54) is 6.07 Å². The maximum Gasteiger partial charge on any atom is 0.416 e. The first-order valence-electron chi connectivity index (χ1n) is 10.1. The van der Waals surface area contributed by atoms with Gasteiger partial charge in [0.05, 0.1) is 11.1 Å². The van der Waals surface area contributed by atoms with Crippen LogP contribution in [0.15, 0.2) is 35.4 Å². The summed E-state index contributed by atoms with van der Waals surface area (Å²) in [5.41, 5.74) is -0.311. The number of hydrogen-bond donors (Lipinski definition) is 0. The lowest BCUT2D eigenvalue weighted by Gasteiger charge is -2.21. The van der Waals surface area contributed by atoms with Crippen molar-refractivity contribution >= 4 is 28.4 Å². The Hall–Kier alpha value is -1.60. The summed E-state index contributed by atoms with van der Waals surface area (Å²) in [5.74, 6) is 1.71. The van der Waals surface area contributed by atoms with Crippen LogP contribution in [0.2, 0.25) is 0 Å². The van der Waals surface area contributed by atoms with E-state index in [0.29, 0.717) is 30.1 Å². The van der Waals surface area contributed by atoms with Crippen molar-refractivity contribution < 1.29 is 22.7 Å². The summed E-state index contributed by atoms with van der Waals surface area (Å²) < 4.78 is 43.9. The van der Waals surface area contributed by atoms with E-state index in [9.17, 15) is 18.0 Å². The molecule has 29 heavy (non-hydrogen) atoms. The van der Waals surface area contributed by atoms with Gasteiger partial charge in [-0.05, 0) is 55.6 Å². The molecule has 3 nitrogen and oxygen atoms in total. The lowest BCUT2D eigenvalue weighted by atomic mass is 9.93. The van der Waals surface area contributed by atoms with E-state index >= 15 is 0 Å². The first-order valence-corrected chi connectivity index (χ1v) is 11.1. The van der Waals surface area contributed by atoms with Gasteiger partial charge in [-0.2, -0.15) is 13.2 Å². The van der Waals surface area contributed by atoms with Crippen molar-refractivity contribution in [1.82, 2.24) is 4.98 Å². The Morgan fingerprint density at radius 3 is 2.69 bits per heavy atom. The lowest BCUT2D eigenvalue weighted by Crippen LogP contribution is -2.18. The van der Waals surface area contributed by atoms with Crippen molar-refractivity contribution in [1.29, 1.82) is 0 Å². The molecule has 0 aliphatic carbocycles. The van der Waals surface area contributed by atoms with Gasteiger partial charge in [-0.25, -0.2) is 0 Å².